The minimum Gasteiger partial charge on any atom is -0.465 e. The van der Waals surface area contributed by atoms with Crippen molar-refractivity contribution in [1.82, 2.24) is 9.88 Å². The van der Waals surface area contributed by atoms with Gasteiger partial charge in [-0.3, -0.25) is 0 Å². The SMILES string of the molecule is N#CC1(c2cccnc2Cl)CCN(C(=O)O)CC1. The number of nitriles is 1. The standard InChI is InChI=1S/C12H12ClN3O2/c13-10-9(2-1-5-15-10)12(8-14)3-6-16(7-4-12)11(17)18/h1-2,5H,3-4,6-7H2,(H,17,18). The molecule has 0 unspecified atom stereocenters. The molecule has 0 aliphatic carbocycles. The van der Waals surface area contributed by atoms with Crippen LogP contribution in [0.1, 0.15) is 18.4 Å². The van der Waals surface area contributed by atoms with E-state index < -0.39 is 11.5 Å². The summed E-state index contributed by atoms with van der Waals surface area (Å²) in [5.41, 5.74) is -0.0312. The average Bonchev–Trinajstić information content (AvgIpc) is 2.39. The van der Waals surface area contributed by atoms with Crippen molar-refractivity contribution in [2.45, 2.75) is 18.3 Å². The predicted octanol–water partition coefficient (Wildman–Crippen LogP) is 2.27. The Morgan fingerprint density at radius 2 is 2.22 bits per heavy atom. The molecule has 1 amide bonds. The third kappa shape index (κ3) is 2.12. The lowest BCUT2D eigenvalue weighted by atomic mass is 9.74. The van der Waals surface area contributed by atoms with Gasteiger partial charge in [-0.05, 0) is 18.9 Å². The van der Waals surface area contributed by atoms with E-state index in [-0.39, 0.29) is 0 Å². The van der Waals surface area contributed by atoms with Crippen LogP contribution in [0.25, 0.3) is 0 Å². The number of nitrogens with zero attached hydrogens (tertiary/aromatic N) is 3. The van der Waals surface area contributed by atoms with Crippen LogP contribution in [0.2, 0.25) is 5.15 Å². The monoisotopic (exact) mass is 265 g/mol. The first-order valence-corrected chi connectivity index (χ1v) is 5.97. The van der Waals surface area contributed by atoms with Crippen LogP contribution in [0.3, 0.4) is 0 Å². The van der Waals surface area contributed by atoms with Crippen molar-refractivity contribution < 1.29 is 9.90 Å². The van der Waals surface area contributed by atoms with Gasteiger partial charge in [-0.15, -0.1) is 0 Å². The van der Waals surface area contributed by atoms with Gasteiger partial charge < -0.3 is 10.0 Å². The van der Waals surface area contributed by atoms with E-state index in [4.69, 9.17) is 16.7 Å². The van der Waals surface area contributed by atoms with Gasteiger partial charge >= 0.3 is 6.09 Å². The minimum atomic E-state index is -0.946. The number of piperidine rings is 1. The summed E-state index contributed by atoms with van der Waals surface area (Å²) in [6.45, 7) is 0.683. The summed E-state index contributed by atoms with van der Waals surface area (Å²) in [5, 5.41) is 18.7. The van der Waals surface area contributed by atoms with Crippen molar-refractivity contribution in [2.75, 3.05) is 13.1 Å². The topological polar surface area (TPSA) is 77.2 Å². The van der Waals surface area contributed by atoms with Crippen molar-refractivity contribution >= 4 is 17.7 Å². The summed E-state index contributed by atoms with van der Waals surface area (Å²) >= 11 is 6.03. The Balaban J connectivity index is 2.28. The van der Waals surface area contributed by atoms with E-state index in [0.717, 1.165) is 0 Å². The molecule has 1 aromatic heterocycles. The Labute approximate surface area is 110 Å². The predicted molar refractivity (Wildman–Crippen MR) is 65.4 cm³/mol. The molecule has 1 aliphatic rings. The molecule has 94 valence electrons. The van der Waals surface area contributed by atoms with E-state index in [9.17, 15) is 10.1 Å². The molecular weight excluding hydrogens is 254 g/mol. The van der Waals surface area contributed by atoms with E-state index in [2.05, 4.69) is 11.1 Å². The van der Waals surface area contributed by atoms with Gasteiger partial charge in [-0.1, -0.05) is 17.7 Å². The van der Waals surface area contributed by atoms with E-state index in [1.165, 1.54) is 4.90 Å². The Kier molecular flexibility index (Phi) is 3.39. The zero-order valence-electron chi connectivity index (χ0n) is 9.64. The zero-order valence-corrected chi connectivity index (χ0v) is 10.4. The van der Waals surface area contributed by atoms with Gasteiger partial charge in [-0.2, -0.15) is 5.26 Å². The first-order valence-electron chi connectivity index (χ1n) is 5.59. The average molecular weight is 266 g/mol. The number of pyridine rings is 1. The van der Waals surface area contributed by atoms with E-state index in [1.807, 2.05) is 0 Å². The molecule has 0 atom stereocenters. The summed E-state index contributed by atoms with van der Waals surface area (Å²) in [4.78, 5) is 16.2. The van der Waals surface area contributed by atoms with Crippen molar-refractivity contribution in [1.29, 1.82) is 5.26 Å². The van der Waals surface area contributed by atoms with Gasteiger partial charge in [0.05, 0.1) is 11.5 Å². The minimum absolute atomic E-state index is 0.322. The molecule has 2 heterocycles. The number of hydrogen-bond donors (Lipinski definition) is 1. The summed E-state index contributed by atoms with van der Waals surface area (Å²) in [5.74, 6) is 0. The molecule has 0 bridgehead atoms. The Hall–Kier alpha value is -1.80. The molecule has 5 nitrogen and oxygen atoms in total. The highest BCUT2D eigenvalue weighted by atomic mass is 35.5. The van der Waals surface area contributed by atoms with E-state index in [0.29, 0.717) is 36.6 Å². The van der Waals surface area contributed by atoms with Crippen molar-refractivity contribution in [3.05, 3.63) is 29.0 Å². The van der Waals surface area contributed by atoms with Crippen LogP contribution < -0.4 is 0 Å². The first-order chi connectivity index (χ1) is 8.59. The molecule has 1 N–H and O–H groups in total. The molecule has 0 aromatic carbocycles. The lowest BCUT2D eigenvalue weighted by molar-refractivity contribution is 0.125. The molecule has 0 saturated carbocycles. The van der Waals surface area contributed by atoms with Crippen LogP contribution >= 0.6 is 11.6 Å². The van der Waals surface area contributed by atoms with Crippen LogP contribution in [-0.4, -0.2) is 34.2 Å². The van der Waals surface area contributed by atoms with Crippen molar-refractivity contribution in [3.8, 4) is 6.07 Å². The highest BCUT2D eigenvalue weighted by Gasteiger charge is 2.39. The number of carboxylic acid groups (broad SMARTS) is 1. The highest BCUT2D eigenvalue weighted by Crippen LogP contribution is 2.37. The van der Waals surface area contributed by atoms with E-state index >= 15 is 0 Å². The number of likely N-dealkylation sites (tertiary alicyclic amines) is 1. The van der Waals surface area contributed by atoms with Gasteiger partial charge in [0.15, 0.2) is 0 Å². The second kappa shape index (κ2) is 4.83. The Bertz CT molecular complexity index is 504. The quantitative estimate of drug-likeness (QED) is 0.790. The third-order valence-electron chi connectivity index (χ3n) is 3.38. The maximum atomic E-state index is 10.9. The van der Waals surface area contributed by atoms with Crippen LogP contribution in [0.5, 0.6) is 0 Å². The van der Waals surface area contributed by atoms with Gasteiger partial charge in [-0.25, -0.2) is 9.78 Å². The normalized spacial score (nSPS) is 18.1. The maximum absolute atomic E-state index is 10.9. The molecule has 1 saturated heterocycles. The zero-order chi connectivity index (χ0) is 13.2. The number of amides is 1. The largest absolute Gasteiger partial charge is 0.465 e. The molecular formula is C12H12ClN3O2. The fourth-order valence-electron chi connectivity index (χ4n) is 2.26. The number of aromatic nitrogens is 1. The molecule has 6 heteroatoms. The summed E-state index contributed by atoms with van der Waals surface area (Å²) < 4.78 is 0. The second-order valence-electron chi connectivity index (χ2n) is 4.31. The first kappa shape index (κ1) is 12.7. The molecule has 0 radical (unpaired) electrons. The molecule has 1 aliphatic heterocycles. The number of hydrogen-bond acceptors (Lipinski definition) is 3. The number of rotatable bonds is 1. The van der Waals surface area contributed by atoms with Gasteiger partial charge in [0.2, 0.25) is 0 Å². The van der Waals surface area contributed by atoms with Gasteiger partial charge in [0, 0.05) is 24.8 Å². The fourth-order valence-corrected chi connectivity index (χ4v) is 2.56. The lowest BCUT2D eigenvalue weighted by Crippen LogP contribution is -2.44. The third-order valence-corrected chi connectivity index (χ3v) is 3.68. The van der Waals surface area contributed by atoms with E-state index in [1.54, 1.807) is 18.3 Å². The summed E-state index contributed by atoms with van der Waals surface area (Å²) in [6.07, 6.45) is 1.52. The number of halogens is 1. The molecule has 18 heavy (non-hydrogen) atoms. The molecule has 2 rings (SSSR count). The van der Waals surface area contributed by atoms with Crippen LogP contribution in [0, 0.1) is 11.3 Å². The van der Waals surface area contributed by atoms with Crippen molar-refractivity contribution in [2.24, 2.45) is 0 Å². The summed E-state index contributed by atoms with van der Waals surface area (Å²) in [7, 11) is 0. The van der Waals surface area contributed by atoms with Crippen LogP contribution in [-0.2, 0) is 5.41 Å². The Morgan fingerprint density at radius 3 is 2.72 bits per heavy atom. The molecule has 1 aromatic rings. The van der Waals surface area contributed by atoms with Crippen LogP contribution in [0.15, 0.2) is 18.3 Å². The Morgan fingerprint density at radius 1 is 1.56 bits per heavy atom. The molecule has 0 spiro atoms. The fraction of sp³-hybridized carbons (Fsp3) is 0.417. The smallest absolute Gasteiger partial charge is 0.407 e. The van der Waals surface area contributed by atoms with Crippen molar-refractivity contribution in [3.63, 3.8) is 0 Å². The molecule has 1 fully saturated rings. The number of carbonyl (C=O) groups is 1. The van der Waals surface area contributed by atoms with Gasteiger partial charge in [0.25, 0.3) is 0 Å². The summed E-state index contributed by atoms with van der Waals surface area (Å²) in [6, 6.07) is 5.82. The maximum Gasteiger partial charge on any atom is 0.407 e. The van der Waals surface area contributed by atoms with Crippen LogP contribution in [0.4, 0.5) is 4.79 Å². The highest BCUT2D eigenvalue weighted by molar-refractivity contribution is 6.30. The van der Waals surface area contributed by atoms with Gasteiger partial charge in [0.1, 0.15) is 5.15 Å². The lowest BCUT2D eigenvalue weighted by Gasteiger charge is -2.36. The second-order valence-corrected chi connectivity index (χ2v) is 4.66.